The van der Waals surface area contributed by atoms with Crippen molar-refractivity contribution in [3.8, 4) is 5.75 Å². The van der Waals surface area contributed by atoms with Crippen molar-refractivity contribution < 1.29 is 19.1 Å². The fourth-order valence-electron chi connectivity index (χ4n) is 4.58. The zero-order valence-corrected chi connectivity index (χ0v) is 18.1. The highest BCUT2D eigenvalue weighted by Gasteiger charge is 2.50. The summed E-state index contributed by atoms with van der Waals surface area (Å²) in [4.78, 5) is 41.9. The Morgan fingerprint density at radius 3 is 2.55 bits per heavy atom. The van der Waals surface area contributed by atoms with Gasteiger partial charge in [0.05, 0.1) is 13.2 Å². The lowest BCUT2D eigenvalue weighted by atomic mass is 9.91. The summed E-state index contributed by atoms with van der Waals surface area (Å²) in [5, 5.41) is 2.76. The van der Waals surface area contributed by atoms with Gasteiger partial charge in [-0.3, -0.25) is 14.5 Å². The number of ether oxygens (including phenoxy) is 1. The first kappa shape index (κ1) is 20.9. The van der Waals surface area contributed by atoms with Crippen LogP contribution in [0.25, 0.3) is 0 Å². The molecular formula is C24H27N3O4. The van der Waals surface area contributed by atoms with Gasteiger partial charge in [0.15, 0.2) is 0 Å². The smallest absolute Gasteiger partial charge is 0.325 e. The van der Waals surface area contributed by atoms with E-state index in [1.807, 2.05) is 19.1 Å². The Morgan fingerprint density at radius 2 is 1.87 bits per heavy atom. The minimum Gasteiger partial charge on any atom is -0.497 e. The molecule has 0 aromatic heterocycles. The van der Waals surface area contributed by atoms with E-state index in [-0.39, 0.29) is 18.5 Å². The van der Waals surface area contributed by atoms with Crippen molar-refractivity contribution in [2.24, 2.45) is 0 Å². The first-order chi connectivity index (χ1) is 14.9. The summed E-state index contributed by atoms with van der Waals surface area (Å²) < 4.78 is 5.17. The Kier molecular flexibility index (Phi) is 5.43. The van der Waals surface area contributed by atoms with Crippen molar-refractivity contribution in [2.75, 3.05) is 20.2 Å². The number of urea groups is 1. The van der Waals surface area contributed by atoms with Gasteiger partial charge in [0.2, 0.25) is 5.91 Å². The lowest BCUT2D eigenvalue weighted by Gasteiger charge is -2.37. The number of benzene rings is 2. The number of nitrogens with one attached hydrogen (secondary N) is 1. The fourth-order valence-corrected chi connectivity index (χ4v) is 4.58. The van der Waals surface area contributed by atoms with Crippen LogP contribution >= 0.6 is 0 Å². The van der Waals surface area contributed by atoms with Crippen LogP contribution < -0.4 is 10.1 Å². The summed E-state index contributed by atoms with van der Waals surface area (Å²) in [6.07, 6.45) is 1.54. The molecule has 7 heteroatoms. The van der Waals surface area contributed by atoms with Crippen molar-refractivity contribution in [3.05, 3.63) is 65.2 Å². The van der Waals surface area contributed by atoms with Crippen LogP contribution in [0.2, 0.25) is 0 Å². The van der Waals surface area contributed by atoms with Crippen LogP contribution in [0, 0.1) is 0 Å². The Bertz CT molecular complexity index is 1020. The van der Waals surface area contributed by atoms with E-state index in [1.54, 1.807) is 43.2 Å². The third kappa shape index (κ3) is 3.54. The van der Waals surface area contributed by atoms with Gasteiger partial charge in [-0.25, -0.2) is 4.79 Å². The monoisotopic (exact) mass is 421 g/mol. The van der Waals surface area contributed by atoms with E-state index in [9.17, 15) is 14.4 Å². The topological polar surface area (TPSA) is 79.0 Å². The molecular weight excluding hydrogens is 394 g/mol. The van der Waals surface area contributed by atoms with Crippen molar-refractivity contribution in [3.63, 3.8) is 0 Å². The SMILES string of the molecule is CC[C@@H]1c2ccccc2CCN1C(=O)CN1C(=O)N[C@@](C)(c2ccc(OC)cc2)C1=O. The highest BCUT2D eigenvalue weighted by atomic mass is 16.5. The van der Waals surface area contributed by atoms with Gasteiger partial charge in [-0.05, 0) is 48.6 Å². The maximum absolute atomic E-state index is 13.2. The minimum atomic E-state index is -1.22. The molecule has 1 fully saturated rings. The summed E-state index contributed by atoms with van der Waals surface area (Å²) >= 11 is 0. The number of rotatable bonds is 5. The quantitative estimate of drug-likeness (QED) is 0.753. The zero-order chi connectivity index (χ0) is 22.2. The predicted octanol–water partition coefficient (Wildman–Crippen LogP) is 3.00. The molecule has 1 N–H and O–H groups in total. The van der Waals surface area contributed by atoms with Crippen LogP contribution in [0.4, 0.5) is 4.79 Å². The largest absolute Gasteiger partial charge is 0.497 e. The van der Waals surface area contributed by atoms with Crippen LogP contribution in [0.1, 0.15) is 43.0 Å². The predicted molar refractivity (Wildman–Crippen MR) is 115 cm³/mol. The number of nitrogens with zero attached hydrogens (tertiary/aromatic N) is 2. The first-order valence-corrected chi connectivity index (χ1v) is 10.5. The van der Waals surface area contributed by atoms with E-state index in [2.05, 4.69) is 17.4 Å². The molecule has 4 rings (SSSR count). The molecule has 31 heavy (non-hydrogen) atoms. The number of methoxy groups -OCH3 is 1. The molecule has 2 aliphatic rings. The van der Waals surface area contributed by atoms with Crippen LogP contribution in [-0.2, 0) is 21.5 Å². The highest BCUT2D eigenvalue weighted by molar-refractivity contribution is 6.09. The van der Waals surface area contributed by atoms with Gasteiger partial charge >= 0.3 is 6.03 Å². The second-order valence-corrected chi connectivity index (χ2v) is 8.13. The second-order valence-electron chi connectivity index (χ2n) is 8.13. The summed E-state index contributed by atoms with van der Waals surface area (Å²) in [5.41, 5.74) is 1.81. The van der Waals surface area contributed by atoms with Crippen LogP contribution in [-0.4, -0.2) is 47.8 Å². The minimum absolute atomic E-state index is 0.0498. The molecule has 0 spiro atoms. The maximum Gasteiger partial charge on any atom is 0.325 e. The van der Waals surface area contributed by atoms with E-state index < -0.39 is 17.5 Å². The molecule has 0 saturated carbocycles. The third-order valence-electron chi connectivity index (χ3n) is 6.36. The average molecular weight is 421 g/mol. The van der Waals surface area contributed by atoms with Crippen molar-refractivity contribution in [1.82, 2.24) is 15.1 Å². The molecule has 7 nitrogen and oxygen atoms in total. The Balaban J connectivity index is 1.53. The standard InChI is InChI=1S/C24H27N3O4/c1-4-20-19-8-6-5-7-16(19)13-14-26(20)21(28)15-27-22(29)24(2,25-23(27)30)17-9-11-18(31-3)12-10-17/h5-12,20H,4,13-15H2,1-3H3,(H,25,30)/t20-,24+/m1/s1. The molecule has 1 saturated heterocycles. The molecule has 162 valence electrons. The Hall–Kier alpha value is -3.35. The molecule has 2 heterocycles. The van der Waals surface area contributed by atoms with Crippen molar-refractivity contribution in [1.29, 1.82) is 0 Å². The summed E-state index contributed by atoms with van der Waals surface area (Å²) in [6, 6.07) is 14.5. The zero-order valence-electron chi connectivity index (χ0n) is 18.1. The van der Waals surface area contributed by atoms with Crippen LogP contribution in [0.15, 0.2) is 48.5 Å². The summed E-state index contributed by atoms with van der Waals surface area (Å²) in [5.74, 6) is 0.0115. The molecule has 0 unspecified atom stereocenters. The van der Waals surface area contributed by atoms with Crippen LogP contribution in [0.5, 0.6) is 5.75 Å². The number of carbonyl (C=O) groups is 3. The molecule has 2 aromatic carbocycles. The highest BCUT2D eigenvalue weighted by Crippen LogP contribution is 2.33. The van der Waals surface area contributed by atoms with E-state index in [4.69, 9.17) is 4.74 Å². The third-order valence-corrected chi connectivity index (χ3v) is 6.36. The molecule has 2 aromatic rings. The molecule has 0 radical (unpaired) electrons. The van der Waals surface area contributed by atoms with Gasteiger partial charge in [0.1, 0.15) is 17.8 Å². The molecule has 0 aliphatic carbocycles. The summed E-state index contributed by atoms with van der Waals surface area (Å²) in [6.45, 7) is 4.01. The fraction of sp³-hybridized carbons (Fsp3) is 0.375. The number of amides is 4. The maximum atomic E-state index is 13.2. The number of fused-ring (bicyclic) bond motifs is 1. The first-order valence-electron chi connectivity index (χ1n) is 10.5. The summed E-state index contributed by atoms with van der Waals surface area (Å²) in [7, 11) is 1.56. The average Bonchev–Trinajstić information content (AvgIpc) is 3.02. The van der Waals surface area contributed by atoms with Gasteiger partial charge < -0.3 is 15.0 Å². The number of imide groups is 1. The van der Waals surface area contributed by atoms with E-state index in [1.165, 1.54) is 5.56 Å². The van der Waals surface area contributed by atoms with Crippen molar-refractivity contribution >= 4 is 17.8 Å². The molecule has 4 amide bonds. The van der Waals surface area contributed by atoms with Gasteiger partial charge in [-0.1, -0.05) is 43.3 Å². The number of hydrogen-bond acceptors (Lipinski definition) is 4. The molecule has 0 bridgehead atoms. The molecule has 2 aliphatic heterocycles. The Labute approximate surface area is 182 Å². The van der Waals surface area contributed by atoms with Crippen LogP contribution in [0.3, 0.4) is 0 Å². The van der Waals surface area contributed by atoms with Gasteiger partial charge in [0, 0.05) is 6.54 Å². The second kappa shape index (κ2) is 8.06. The van der Waals surface area contributed by atoms with Gasteiger partial charge in [-0.2, -0.15) is 0 Å². The van der Waals surface area contributed by atoms with E-state index in [0.717, 1.165) is 23.3 Å². The van der Waals surface area contributed by atoms with Crippen molar-refractivity contribution in [2.45, 2.75) is 38.3 Å². The number of carbonyl (C=O) groups excluding carboxylic acids is 3. The lowest BCUT2D eigenvalue weighted by molar-refractivity contribution is -0.140. The van der Waals surface area contributed by atoms with E-state index in [0.29, 0.717) is 17.9 Å². The number of hydrogen-bond donors (Lipinski definition) is 1. The lowest BCUT2D eigenvalue weighted by Crippen LogP contribution is -2.47. The van der Waals surface area contributed by atoms with Gasteiger partial charge in [-0.15, -0.1) is 0 Å². The molecule has 2 atom stereocenters. The normalized spacial score (nSPS) is 22.9. The Morgan fingerprint density at radius 1 is 1.16 bits per heavy atom. The van der Waals surface area contributed by atoms with E-state index >= 15 is 0 Å². The van der Waals surface area contributed by atoms with Gasteiger partial charge in [0.25, 0.3) is 5.91 Å².